The van der Waals surface area contributed by atoms with Crippen molar-refractivity contribution in [2.45, 2.75) is 38.0 Å². The summed E-state index contributed by atoms with van der Waals surface area (Å²) in [6.07, 6.45) is -0.764. The van der Waals surface area contributed by atoms with E-state index in [-0.39, 0.29) is 5.91 Å². The van der Waals surface area contributed by atoms with Crippen molar-refractivity contribution in [2.75, 3.05) is 31.2 Å². The van der Waals surface area contributed by atoms with Gasteiger partial charge in [0.05, 0.1) is 30.5 Å². The summed E-state index contributed by atoms with van der Waals surface area (Å²) in [7, 11) is 0. The van der Waals surface area contributed by atoms with Crippen LogP contribution in [-0.2, 0) is 17.7 Å². The standard InChI is InChI=1S/C20H23F3N4O2/c21-20(22,23)13-27-12-14-4-3-6-16(18(14)25-27)24-19(28)15-5-1-2-7-17(15)26-8-10-29-11-9-26/h1-2,5,7,12,16H,3-4,6,8-11,13H2,(H,24,28)/t16-/m0/s1. The van der Waals surface area contributed by atoms with Crippen molar-refractivity contribution in [3.05, 3.63) is 47.3 Å². The van der Waals surface area contributed by atoms with Crippen LogP contribution in [0.5, 0.6) is 0 Å². The lowest BCUT2D eigenvalue weighted by molar-refractivity contribution is -0.142. The minimum atomic E-state index is -4.33. The first-order valence-electron chi connectivity index (χ1n) is 9.76. The molecule has 0 radical (unpaired) electrons. The molecule has 1 aliphatic heterocycles. The molecule has 1 fully saturated rings. The van der Waals surface area contributed by atoms with Crippen LogP contribution in [0.1, 0.15) is 40.5 Å². The maximum atomic E-state index is 13.0. The van der Waals surface area contributed by atoms with Crippen LogP contribution in [0, 0.1) is 0 Å². The average molecular weight is 408 g/mol. The molecule has 0 saturated carbocycles. The van der Waals surface area contributed by atoms with E-state index in [1.165, 1.54) is 6.20 Å². The Morgan fingerprint density at radius 1 is 1.24 bits per heavy atom. The Balaban J connectivity index is 1.53. The van der Waals surface area contributed by atoms with Crippen LogP contribution in [0.3, 0.4) is 0 Å². The first-order chi connectivity index (χ1) is 13.9. The molecule has 1 atom stereocenters. The van der Waals surface area contributed by atoms with E-state index in [2.05, 4.69) is 15.3 Å². The fourth-order valence-electron chi connectivity index (χ4n) is 3.98. The molecule has 1 aromatic carbocycles. The zero-order valence-corrected chi connectivity index (χ0v) is 15.9. The number of morpholine rings is 1. The molecule has 9 heteroatoms. The summed E-state index contributed by atoms with van der Waals surface area (Å²) in [5, 5.41) is 7.12. The Bertz CT molecular complexity index is 875. The predicted molar refractivity (Wildman–Crippen MR) is 101 cm³/mol. The lowest BCUT2D eigenvalue weighted by Crippen LogP contribution is -2.38. The number of carbonyl (C=O) groups is 1. The Hall–Kier alpha value is -2.55. The van der Waals surface area contributed by atoms with Crippen LogP contribution in [-0.4, -0.2) is 48.2 Å². The second kappa shape index (κ2) is 8.06. The van der Waals surface area contributed by atoms with Gasteiger partial charge in [-0.2, -0.15) is 18.3 Å². The van der Waals surface area contributed by atoms with Gasteiger partial charge < -0.3 is 15.0 Å². The van der Waals surface area contributed by atoms with Gasteiger partial charge in [-0.3, -0.25) is 9.48 Å². The summed E-state index contributed by atoms with van der Waals surface area (Å²) in [4.78, 5) is 15.2. The summed E-state index contributed by atoms with van der Waals surface area (Å²) >= 11 is 0. The highest BCUT2D eigenvalue weighted by Crippen LogP contribution is 2.30. The van der Waals surface area contributed by atoms with Gasteiger partial charge >= 0.3 is 6.18 Å². The third kappa shape index (κ3) is 4.55. The van der Waals surface area contributed by atoms with Gasteiger partial charge in [0.25, 0.3) is 5.91 Å². The molecule has 0 spiro atoms. The zero-order chi connectivity index (χ0) is 20.4. The number of nitrogens with one attached hydrogen (secondary N) is 1. The summed E-state index contributed by atoms with van der Waals surface area (Å²) in [5.41, 5.74) is 2.70. The molecule has 1 saturated heterocycles. The van der Waals surface area contributed by atoms with E-state index >= 15 is 0 Å². The number of benzene rings is 1. The minimum absolute atomic E-state index is 0.240. The number of ether oxygens (including phenoxy) is 1. The van der Waals surface area contributed by atoms with E-state index < -0.39 is 18.8 Å². The number of aromatic nitrogens is 2. The second-order valence-electron chi connectivity index (χ2n) is 7.39. The summed E-state index contributed by atoms with van der Waals surface area (Å²) < 4.78 is 44.4. The molecule has 29 heavy (non-hydrogen) atoms. The number of rotatable bonds is 4. The second-order valence-corrected chi connectivity index (χ2v) is 7.39. The SMILES string of the molecule is O=C(N[C@H]1CCCc2cn(CC(F)(F)F)nc21)c1ccccc1N1CCOCC1. The topological polar surface area (TPSA) is 59.4 Å². The van der Waals surface area contributed by atoms with Crippen LogP contribution in [0.4, 0.5) is 18.9 Å². The first kappa shape index (κ1) is 19.8. The largest absolute Gasteiger partial charge is 0.408 e. The van der Waals surface area contributed by atoms with Gasteiger partial charge in [0.1, 0.15) is 6.54 Å². The van der Waals surface area contributed by atoms with Crippen molar-refractivity contribution in [2.24, 2.45) is 0 Å². The average Bonchev–Trinajstić information content (AvgIpc) is 3.10. The first-order valence-corrected chi connectivity index (χ1v) is 9.76. The minimum Gasteiger partial charge on any atom is -0.378 e. The Morgan fingerprint density at radius 2 is 2.00 bits per heavy atom. The zero-order valence-electron chi connectivity index (χ0n) is 15.9. The Morgan fingerprint density at radius 3 is 2.76 bits per heavy atom. The van der Waals surface area contributed by atoms with Gasteiger partial charge in [0.15, 0.2) is 0 Å². The molecular formula is C20H23F3N4O2. The molecule has 4 rings (SSSR count). The molecule has 1 N–H and O–H groups in total. The van der Waals surface area contributed by atoms with Crippen molar-refractivity contribution in [3.63, 3.8) is 0 Å². The molecule has 0 unspecified atom stereocenters. The fourth-order valence-corrected chi connectivity index (χ4v) is 3.98. The van der Waals surface area contributed by atoms with Gasteiger partial charge in [-0.15, -0.1) is 0 Å². The molecule has 0 bridgehead atoms. The number of fused-ring (bicyclic) bond motifs is 1. The van der Waals surface area contributed by atoms with E-state index in [1.807, 2.05) is 18.2 Å². The maximum absolute atomic E-state index is 13.0. The summed E-state index contributed by atoms with van der Waals surface area (Å²) in [6.45, 7) is 1.51. The molecule has 1 aromatic heterocycles. The molecule has 156 valence electrons. The highest BCUT2D eigenvalue weighted by molar-refractivity contribution is 6.00. The van der Waals surface area contributed by atoms with Crippen LogP contribution in [0.25, 0.3) is 0 Å². The Kier molecular flexibility index (Phi) is 5.49. The number of anilines is 1. The molecule has 2 heterocycles. The number of amides is 1. The molecular weight excluding hydrogens is 385 g/mol. The molecule has 2 aromatic rings. The van der Waals surface area contributed by atoms with Crippen molar-refractivity contribution >= 4 is 11.6 Å². The van der Waals surface area contributed by atoms with Crippen LogP contribution >= 0.6 is 0 Å². The normalized spacial score (nSPS) is 19.7. The number of para-hydroxylation sites is 1. The third-order valence-electron chi connectivity index (χ3n) is 5.29. The van der Waals surface area contributed by atoms with Crippen LogP contribution in [0.2, 0.25) is 0 Å². The number of hydrogen-bond donors (Lipinski definition) is 1. The maximum Gasteiger partial charge on any atom is 0.408 e. The van der Waals surface area contributed by atoms with Gasteiger partial charge in [-0.05, 0) is 37.0 Å². The number of nitrogens with zero attached hydrogens (tertiary/aromatic N) is 3. The highest BCUT2D eigenvalue weighted by atomic mass is 19.4. The van der Waals surface area contributed by atoms with Crippen molar-refractivity contribution in [1.82, 2.24) is 15.1 Å². The fraction of sp³-hybridized carbons (Fsp3) is 0.500. The lowest BCUT2D eigenvalue weighted by Gasteiger charge is -2.30. The molecule has 1 amide bonds. The monoisotopic (exact) mass is 408 g/mol. The number of aryl methyl sites for hydroxylation is 1. The van der Waals surface area contributed by atoms with Crippen molar-refractivity contribution in [1.29, 1.82) is 0 Å². The third-order valence-corrected chi connectivity index (χ3v) is 5.29. The van der Waals surface area contributed by atoms with Crippen LogP contribution in [0.15, 0.2) is 30.5 Å². The number of halogens is 3. The van der Waals surface area contributed by atoms with Crippen molar-refractivity contribution in [3.8, 4) is 0 Å². The number of carbonyl (C=O) groups excluding carboxylic acids is 1. The summed E-state index contributed by atoms with van der Waals surface area (Å²) in [6, 6.07) is 6.98. The molecule has 6 nitrogen and oxygen atoms in total. The lowest BCUT2D eigenvalue weighted by atomic mass is 9.93. The van der Waals surface area contributed by atoms with E-state index in [1.54, 1.807) is 6.07 Å². The van der Waals surface area contributed by atoms with E-state index in [0.717, 1.165) is 22.4 Å². The highest BCUT2D eigenvalue weighted by Gasteiger charge is 2.32. The van der Waals surface area contributed by atoms with Gasteiger partial charge in [0, 0.05) is 25.0 Å². The van der Waals surface area contributed by atoms with E-state index in [4.69, 9.17) is 4.74 Å². The Labute approximate surface area is 166 Å². The van der Waals surface area contributed by atoms with Crippen LogP contribution < -0.4 is 10.2 Å². The number of hydrogen-bond acceptors (Lipinski definition) is 4. The molecule has 1 aliphatic carbocycles. The van der Waals surface area contributed by atoms with Crippen molar-refractivity contribution < 1.29 is 22.7 Å². The van der Waals surface area contributed by atoms with Gasteiger partial charge in [-0.25, -0.2) is 0 Å². The van der Waals surface area contributed by atoms with Gasteiger partial charge in [0.2, 0.25) is 0 Å². The summed E-state index contributed by atoms with van der Waals surface area (Å²) in [5.74, 6) is -0.240. The number of alkyl halides is 3. The van der Waals surface area contributed by atoms with E-state index in [9.17, 15) is 18.0 Å². The van der Waals surface area contributed by atoms with E-state index in [0.29, 0.717) is 50.4 Å². The smallest absolute Gasteiger partial charge is 0.378 e. The molecule has 2 aliphatic rings. The quantitative estimate of drug-likeness (QED) is 0.845. The van der Waals surface area contributed by atoms with Gasteiger partial charge in [-0.1, -0.05) is 12.1 Å². The predicted octanol–water partition coefficient (Wildman–Crippen LogP) is 3.09.